The Labute approximate surface area is 136 Å². The molecule has 19 heavy (non-hydrogen) atoms. The Balaban J connectivity index is 1.98. The number of nitrogens with zero attached hydrogens (tertiary/aromatic N) is 3. The van der Waals surface area contributed by atoms with Gasteiger partial charge < -0.3 is 14.9 Å². The Morgan fingerprint density at radius 2 is 2.21 bits per heavy atom. The van der Waals surface area contributed by atoms with Crippen molar-refractivity contribution in [1.82, 2.24) is 9.55 Å². The molecule has 6 nitrogen and oxygen atoms in total. The van der Waals surface area contributed by atoms with Gasteiger partial charge in [-0.25, -0.2) is 4.57 Å². The average Bonchev–Trinajstić information content (AvgIpc) is 2.83. The van der Waals surface area contributed by atoms with Gasteiger partial charge in [0.25, 0.3) is 0 Å². The van der Waals surface area contributed by atoms with Crippen molar-refractivity contribution in [2.24, 2.45) is 0 Å². The fourth-order valence-corrected chi connectivity index (χ4v) is 2.49. The zero-order valence-electron chi connectivity index (χ0n) is 9.62. The molecule has 0 fully saturated rings. The number of imidazole rings is 1. The van der Waals surface area contributed by atoms with Crippen molar-refractivity contribution in [2.75, 3.05) is 6.61 Å². The maximum absolute atomic E-state index is 10.7. The van der Waals surface area contributed by atoms with E-state index in [1.54, 1.807) is 6.20 Å². The largest absolute Gasteiger partial charge is 0.489 e. The topological polar surface area (TPSA) is 70.2 Å². The molecule has 0 aliphatic carbocycles. The molecule has 2 rings (SSSR count). The Morgan fingerprint density at radius 1 is 1.42 bits per heavy atom. The predicted molar refractivity (Wildman–Crippen MR) is 86.3 cm³/mol. The van der Waals surface area contributed by atoms with E-state index >= 15 is 0 Å². The number of nitro groups is 1. The van der Waals surface area contributed by atoms with Gasteiger partial charge in [-0.3, -0.25) is 0 Å². The lowest BCUT2D eigenvalue weighted by molar-refractivity contribution is -0.396. The van der Waals surface area contributed by atoms with Crippen molar-refractivity contribution < 1.29 is 9.66 Å². The van der Waals surface area contributed by atoms with Crippen LogP contribution in [-0.2, 0) is 6.54 Å². The van der Waals surface area contributed by atoms with E-state index in [9.17, 15) is 10.1 Å². The highest BCUT2D eigenvalue weighted by Crippen LogP contribution is 2.25. The van der Waals surface area contributed by atoms with E-state index in [1.807, 2.05) is 18.2 Å². The molecule has 1 heterocycles. The summed E-state index contributed by atoms with van der Waals surface area (Å²) in [6.07, 6.45) is 2.98. The fourth-order valence-electron chi connectivity index (χ4n) is 1.50. The summed E-state index contributed by atoms with van der Waals surface area (Å²) in [6, 6.07) is 5.79. The van der Waals surface area contributed by atoms with Crippen LogP contribution in [-0.4, -0.2) is 21.1 Å². The summed E-state index contributed by atoms with van der Waals surface area (Å²) in [6.45, 7) is 0.741. The van der Waals surface area contributed by atoms with Crippen molar-refractivity contribution in [3.05, 3.63) is 47.8 Å². The lowest BCUT2D eigenvalue weighted by atomic mass is 10.3. The van der Waals surface area contributed by atoms with Crippen LogP contribution in [0.15, 0.2) is 30.6 Å². The fraction of sp³-hybridized carbons (Fsp3) is 0.182. The molecular formula is C11H9I2N3O3. The predicted octanol–water partition coefficient (Wildman–Crippen LogP) is 3.08. The molecule has 0 bridgehead atoms. The van der Waals surface area contributed by atoms with Crippen LogP contribution in [0.1, 0.15) is 0 Å². The van der Waals surface area contributed by atoms with Gasteiger partial charge in [-0.15, -0.1) is 0 Å². The summed E-state index contributed by atoms with van der Waals surface area (Å²) in [5, 5.41) is 10.7. The Morgan fingerprint density at radius 3 is 2.95 bits per heavy atom. The summed E-state index contributed by atoms with van der Waals surface area (Å²) < 4.78 is 9.26. The molecule has 1 aromatic heterocycles. The van der Waals surface area contributed by atoms with E-state index in [0.29, 0.717) is 13.2 Å². The molecule has 0 saturated carbocycles. The minimum atomic E-state index is -0.505. The highest BCUT2D eigenvalue weighted by Gasteiger charge is 2.13. The Bertz CT molecular complexity index is 601. The SMILES string of the molecule is O=[N+]([O-])c1nccn1CCOc1cccc(I)c1I. The second kappa shape index (κ2) is 6.50. The van der Waals surface area contributed by atoms with Crippen molar-refractivity contribution in [3.8, 4) is 5.75 Å². The van der Waals surface area contributed by atoms with Crippen LogP contribution in [0.5, 0.6) is 5.75 Å². The second-order valence-electron chi connectivity index (χ2n) is 3.58. The molecule has 0 atom stereocenters. The van der Waals surface area contributed by atoms with E-state index < -0.39 is 4.92 Å². The molecule has 0 unspecified atom stereocenters. The lowest BCUT2D eigenvalue weighted by Crippen LogP contribution is -2.10. The Kier molecular flexibility index (Phi) is 4.96. The first-order valence-corrected chi connectivity index (χ1v) is 7.47. The van der Waals surface area contributed by atoms with E-state index in [-0.39, 0.29) is 5.95 Å². The van der Waals surface area contributed by atoms with Gasteiger partial charge in [0.15, 0.2) is 0 Å². The lowest BCUT2D eigenvalue weighted by Gasteiger charge is -2.08. The molecule has 1 aromatic carbocycles. The molecular weight excluding hydrogens is 476 g/mol. The summed E-state index contributed by atoms with van der Waals surface area (Å²) in [5.74, 6) is 0.621. The number of benzene rings is 1. The van der Waals surface area contributed by atoms with Crippen LogP contribution in [0.2, 0.25) is 0 Å². The first-order chi connectivity index (χ1) is 9.09. The smallest absolute Gasteiger partial charge is 0.434 e. The summed E-state index contributed by atoms with van der Waals surface area (Å²) in [7, 11) is 0. The molecule has 0 radical (unpaired) electrons. The highest BCUT2D eigenvalue weighted by atomic mass is 127. The third-order valence-corrected chi connectivity index (χ3v) is 5.41. The van der Waals surface area contributed by atoms with E-state index in [4.69, 9.17) is 4.74 Å². The van der Waals surface area contributed by atoms with E-state index in [2.05, 4.69) is 50.2 Å². The van der Waals surface area contributed by atoms with Gasteiger partial charge in [-0.2, -0.15) is 0 Å². The molecule has 0 amide bonds. The maximum Gasteiger partial charge on any atom is 0.434 e. The van der Waals surface area contributed by atoms with E-state index in [1.165, 1.54) is 10.8 Å². The molecule has 100 valence electrons. The molecule has 0 aliphatic rings. The number of halogens is 2. The van der Waals surface area contributed by atoms with Crippen LogP contribution >= 0.6 is 45.2 Å². The third kappa shape index (κ3) is 3.55. The maximum atomic E-state index is 10.7. The molecule has 2 aromatic rings. The van der Waals surface area contributed by atoms with Crippen LogP contribution in [0.4, 0.5) is 5.95 Å². The van der Waals surface area contributed by atoms with Gasteiger partial charge in [0.1, 0.15) is 31.3 Å². The highest BCUT2D eigenvalue weighted by molar-refractivity contribution is 14.1. The van der Waals surface area contributed by atoms with Crippen molar-refractivity contribution >= 4 is 51.1 Å². The van der Waals surface area contributed by atoms with Crippen LogP contribution in [0, 0.1) is 17.3 Å². The quantitative estimate of drug-likeness (QED) is 0.371. The van der Waals surface area contributed by atoms with Gasteiger partial charge in [-0.05, 0) is 62.2 Å². The number of hydrogen-bond donors (Lipinski definition) is 0. The van der Waals surface area contributed by atoms with Gasteiger partial charge in [-0.1, -0.05) is 11.1 Å². The van der Waals surface area contributed by atoms with E-state index in [0.717, 1.165) is 12.9 Å². The summed E-state index contributed by atoms with van der Waals surface area (Å²) >= 11 is 4.45. The zero-order valence-corrected chi connectivity index (χ0v) is 13.9. The van der Waals surface area contributed by atoms with Gasteiger partial charge in [0.2, 0.25) is 0 Å². The molecule has 0 aliphatic heterocycles. The Hall–Kier alpha value is -0.910. The van der Waals surface area contributed by atoms with Crippen LogP contribution < -0.4 is 4.74 Å². The molecule has 8 heteroatoms. The van der Waals surface area contributed by atoms with Crippen LogP contribution in [0.3, 0.4) is 0 Å². The average molecular weight is 485 g/mol. The number of ether oxygens (including phenoxy) is 1. The zero-order chi connectivity index (χ0) is 13.8. The molecule has 0 saturated heterocycles. The second-order valence-corrected chi connectivity index (χ2v) is 5.82. The number of hydrogen-bond acceptors (Lipinski definition) is 4. The summed E-state index contributed by atoms with van der Waals surface area (Å²) in [5.41, 5.74) is 0. The first-order valence-electron chi connectivity index (χ1n) is 5.32. The van der Waals surface area contributed by atoms with Crippen molar-refractivity contribution in [2.45, 2.75) is 6.54 Å². The van der Waals surface area contributed by atoms with Crippen LogP contribution in [0.25, 0.3) is 0 Å². The normalized spacial score (nSPS) is 10.4. The number of aromatic nitrogens is 2. The monoisotopic (exact) mass is 485 g/mol. The van der Waals surface area contributed by atoms with Gasteiger partial charge in [0, 0.05) is 3.57 Å². The van der Waals surface area contributed by atoms with Gasteiger partial charge in [0.05, 0.1) is 3.57 Å². The summed E-state index contributed by atoms with van der Waals surface area (Å²) in [4.78, 5) is 13.9. The standard InChI is InChI=1S/C11H9I2N3O3/c12-8-2-1-3-9(10(8)13)19-7-6-15-5-4-14-11(15)16(17)18/h1-5H,6-7H2. The van der Waals surface area contributed by atoms with Crippen molar-refractivity contribution in [3.63, 3.8) is 0 Å². The minimum absolute atomic E-state index is 0.166. The van der Waals surface area contributed by atoms with Gasteiger partial charge >= 0.3 is 5.95 Å². The minimum Gasteiger partial charge on any atom is -0.489 e. The van der Waals surface area contributed by atoms with Crippen molar-refractivity contribution in [1.29, 1.82) is 0 Å². The number of rotatable bonds is 5. The first kappa shape index (κ1) is 14.5. The molecule has 0 spiro atoms. The third-order valence-electron chi connectivity index (χ3n) is 2.36. The molecule has 0 N–H and O–H groups in total.